The molecule has 0 bridgehead atoms. The third kappa shape index (κ3) is 3.22. The van der Waals surface area contributed by atoms with Gasteiger partial charge in [-0.2, -0.15) is 0 Å². The number of aromatic nitrogens is 1. The van der Waals surface area contributed by atoms with Crippen molar-refractivity contribution in [2.75, 3.05) is 13.7 Å². The van der Waals surface area contributed by atoms with Crippen LogP contribution in [0.15, 0.2) is 18.2 Å². The van der Waals surface area contributed by atoms with E-state index in [-0.39, 0.29) is 17.9 Å². The molecule has 0 aliphatic heterocycles. The van der Waals surface area contributed by atoms with Crippen molar-refractivity contribution in [1.29, 1.82) is 0 Å². The lowest BCUT2D eigenvalue weighted by Crippen LogP contribution is -2.16. The molecule has 1 heterocycles. The monoisotopic (exact) mass is 337 g/mol. The Kier molecular flexibility index (Phi) is 5.05. The second-order valence-electron chi connectivity index (χ2n) is 4.84. The first kappa shape index (κ1) is 17.0. The van der Waals surface area contributed by atoms with Crippen LogP contribution in [0, 0.1) is 0 Å². The number of aryl methyl sites for hydroxylation is 1. The summed E-state index contributed by atoms with van der Waals surface area (Å²) >= 11 is 5.98. The minimum atomic E-state index is -0.660. The van der Waals surface area contributed by atoms with Gasteiger partial charge in [-0.1, -0.05) is 17.7 Å². The molecule has 0 radical (unpaired) electrons. The van der Waals surface area contributed by atoms with Crippen LogP contribution < -0.4 is 0 Å². The van der Waals surface area contributed by atoms with Crippen molar-refractivity contribution in [3.63, 3.8) is 0 Å². The van der Waals surface area contributed by atoms with Gasteiger partial charge in [0.15, 0.2) is 5.78 Å². The highest BCUT2D eigenvalue weighted by Crippen LogP contribution is 2.29. The van der Waals surface area contributed by atoms with E-state index in [0.717, 1.165) is 0 Å². The quantitative estimate of drug-likeness (QED) is 0.476. The number of benzene rings is 1. The summed E-state index contributed by atoms with van der Waals surface area (Å²) in [4.78, 5) is 36.2. The normalized spacial score (nSPS) is 10.6. The fourth-order valence-corrected chi connectivity index (χ4v) is 2.63. The Balaban J connectivity index is 2.62. The van der Waals surface area contributed by atoms with Gasteiger partial charge in [0.25, 0.3) is 0 Å². The largest absolute Gasteiger partial charge is 0.466 e. The molecular weight excluding hydrogens is 322 g/mol. The predicted molar refractivity (Wildman–Crippen MR) is 84.8 cm³/mol. The number of nitrogens with zero attached hydrogens (tertiary/aromatic N) is 1. The smallest absolute Gasteiger partial charge is 0.355 e. The van der Waals surface area contributed by atoms with Crippen molar-refractivity contribution < 1.29 is 23.9 Å². The van der Waals surface area contributed by atoms with Crippen LogP contribution in [0.5, 0.6) is 0 Å². The minimum absolute atomic E-state index is 0.0825. The van der Waals surface area contributed by atoms with Crippen LogP contribution in [0.2, 0.25) is 5.02 Å². The zero-order chi connectivity index (χ0) is 17.1. The molecule has 1 aromatic carbocycles. The molecule has 0 atom stereocenters. The van der Waals surface area contributed by atoms with Crippen LogP contribution >= 0.6 is 11.6 Å². The average molecular weight is 338 g/mol. The molecule has 6 nitrogen and oxygen atoms in total. The van der Waals surface area contributed by atoms with Crippen molar-refractivity contribution in [1.82, 2.24) is 4.57 Å². The molecule has 1 aromatic heterocycles. The van der Waals surface area contributed by atoms with Crippen molar-refractivity contribution in [3.05, 3.63) is 34.5 Å². The molecule has 23 heavy (non-hydrogen) atoms. The van der Waals surface area contributed by atoms with E-state index < -0.39 is 24.1 Å². The van der Waals surface area contributed by atoms with Crippen molar-refractivity contribution >= 4 is 40.2 Å². The van der Waals surface area contributed by atoms with Crippen LogP contribution in [-0.4, -0.2) is 36.0 Å². The zero-order valence-electron chi connectivity index (χ0n) is 13.0. The number of carbonyl (C=O) groups excluding carboxylic acids is 3. The Morgan fingerprint density at radius 3 is 2.57 bits per heavy atom. The number of methoxy groups -OCH3 is 1. The molecule has 0 saturated carbocycles. The topological polar surface area (TPSA) is 74.6 Å². The van der Waals surface area contributed by atoms with E-state index in [2.05, 4.69) is 0 Å². The Bertz CT molecular complexity index is 793. The lowest BCUT2D eigenvalue weighted by Gasteiger charge is -2.05. The third-order valence-corrected chi connectivity index (χ3v) is 3.67. The molecule has 0 saturated heterocycles. The zero-order valence-corrected chi connectivity index (χ0v) is 13.8. The first-order valence-electron chi connectivity index (χ1n) is 6.95. The second-order valence-corrected chi connectivity index (χ2v) is 5.28. The van der Waals surface area contributed by atoms with Crippen LogP contribution in [0.4, 0.5) is 0 Å². The van der Waals surface area contributed by atoms with Gasteiger partial charge in [-0.3, -0.25) is 9.59 Å². The maximum Gasteiger partial charge on any atom is 0.355 e. The first-order valence-corrected chi connectivity index (χ1v) is 7.33. The van der Waals surface area contributed by atoms with Gasteiger partial charge in [0.2, 0.25) is 0 Å². The van der Waals surface area contributed by atoms with E-state index in [1.807, 2.05) is 0 Å². The van der Waals surface area contributed by atoms with Crippen molar-refractivity contribution in [2.24, 2.45) is 7.05 Å². The van der Waals surface area contributed by atoms with E-state index in [0.29, 0.717) is 15.9 Å². The van der Waals surface area contributed by atoms with E-state index in [4.69, 9.17) is 21.1 Å². The van der Waals surface area contributed by atoms with Crippen LogP contribution in [0.1, 0.15) is 34.2 Å². The highest BCUT2D eigenvalue weighted by Gasteiger charge is 2.27. The second kappa shape index (κ2) is 6.83. The summed E-state index contributed by atoms with van der Waals surface area (Å²) in [6.07, 6.45) is -0.445. The number of ether oxygens (including phenoxy) is 2. The number of rotatable bonds is 5. The Morgan fingerprint density at radius 2 is 1.96 bits per heavy atom. The Labute approximate surface area is 137 Å². The van der Waals surface area contributed by atoms with Gasteiger partial charge in [-0.05, 0) is 19.1 Å². The van der Waals surface area contributed by atoms with Gasteiger partial charge in [0.1, 0.15) is 12.1 Å². The summed E-state index contributed by atoms with van der Waals surface area (Å²) in [6.45, 7) is 1.84. The molecule has 0 unspecified atom stereocenters. The van der Waals surface area contributed by atoms with E-state index in [1.165, 1.54) is 11.7 Å². The summed E-state index contributed by atoms with van der Waals surface area (Å²) in [5, 5.41) is 1.01. The molecule has 0 N–H and O–H groups in total. The van der Waals surface area contributed by atoms with Crippen LogP contribution in [0.3, 0.4) is 0 Å². The molecule has 122 valence electrons. The summed E-state index contributed by atoms with van der Waals surface area (Å²) in [7, 11) is 2.86. The highest BCUT2D eigenvalue weighted by atomic mass is 35.5. The molecule has 0 fully saturated rings. The lowest BCUT2D eigenvalue weighted by atomic mass is 10.0. The molecule has 2 aromatic rings. The average Bonchev–Trinajstić information content (AvgIpc) is 2.79. The number of ketones is 1. The van der Waals surface area contributed by atoms with Gasteiger partial charge < -0.3 is 14.0 Å². The van der Waals surface area contributed by atoms with E-state index in [9.17, 15) is 14.4 Å². The summed E-state index contributed by atoms with van der Waals surface area (Å²) < 4.78 is 11.1. The highest BCUT2D eigenvalue weighted by molar-refractivity contribution is 6.31. The summed E-state index contributed by atoms with van der Waals surface area (Å²) in [5.74, 6) is -1.80. The lowest BCUT2D eigenvalue weighted by molar-refractivity contribution is -0.141. The van der Waals surface area contributed by atoms with Crippen LogP contribution in [-0.2, 0) is 21.3 Å². The Morgan fingerprint density at radius 1 is 1.26 bits per heavy atom. The maximum atomic E-state index is 12.5. The number of hydrogen-bond acceptors (Lipinski definition) is 5. The summed E-state index contributed by atoms with van der Waals surface area (Å²) in [6, 6.07) is 4.90. The Hall–Kier alpha value is -2.34. The van der Waals surface area contributed by atoms with Gasteiger partial charge >= 0.3 is 11.9 Å². The van der Waals surface area contributed by atoms with E-state index in [1.54, 1.807) is 32.2 Å². The fourth-order valence-electron chi connectivity index (χ4n) is 2.46. The number of Topliss-reactive ketones (excluding diaryl/α,β-unsaturated/α-hetero) is 1. The number of esters is 2. The van der Waals surface area contributed by atoms with Crippen LogP contribution in [0.25, 0.3) is 10.9 Å². The maximum absolute atomic E-state index is 12.5. The van der Waals surface area contributed by atoms with Gasteiger partial charge in [0, 0.05) is 17.5 Å². The van der Waals surface area contributed by atoms with Gasteiger partial charge in [0.05, 0.1) is 24.8 Å². The fraction of sp³-hybridized carbons (Fsp3) is 0.312. The number of fused-ring (bicyclic) bond motifs is 1. The molecule has 2 rings (SSSR count). The third-order valence-electron chi connectivity index (χ3n) is 3.43. The van der Waals surface area contributed by atoms with Crippen molar-refractivity contribution in [3.8, 4) is 0 Å². The van der Waals surface area contributed by atoms with E-state index >= 15 is 0 Å². The molecule has 0 aliphatic carbocycles. The van der Waals surface area contributed by atoms with Gasteiger partial charge in [-0.25, -0.2) is 4.79 Å². The first-order chi connectivity index (χ1) is 10.9. The number of halogens is 1. The number of carbonyl (C=O) groups is 3. The number of hydrogen-bond donors (Lipinski definition) is 0. The van der Waals surface area contributed by atoms with Crippen molar-refractivity contribution in [2.45, 2.75) is 13.3 Å². The predicted octanol–water partition coefficient (Wildman–Crippen LogP) is 2.75. The molecule has 0 spiro atoms. The molecule has 0 amide bonds. The summed E-state index contributed by atoms with van der Waals surface area (Å²) in [5.41, 5.74) is 0.822. The minimum Gasteiger partial charge on any atom is -0.466 e. The molecule has 7 heteroatoms. The molecule has 0 aliphatic rings. The molecular formula is C16H16ClNO5. The van der Waals surface area contributed by atoms with Gasteiger partial charge in [-0.15, -0.1) is 0 Å². The SMILES string of the molecule is CCOC(=O)CC(=O)c1c(C(=O)OC)n(C)c2cc(Cl)ccc12. The standard InChI is InChI=1S/C16H16ClNO5/c1-4-23-13(20)8-12(19)14-10-6-5-9(17)7-11(10)18(2)15(14)16(21)22-3/h5-7H,4,8H2,1-3H3.